The van der Waals surface area contributed by atoms with Crippen LogP contribution in [0.5, 0.6) is 5.75 Å². The predicted octanol–water partition coefficient (Wildman–Crippen LogP) is 4.48. The molecule has 0 bridgehead atoms. The highest BCUT2D eigenvalue weighted by atomic mass is 32.2. The molecule has 3 rings (SSSR count). The molecule has 0 aliphatic carbocycles. The monoisotopic (exact) mass is 383 g/mol. The normalized spacial score (nSPS) is 10.6. The van der Waals surface area contributed by atoms with E-state index in [4.69, 9.17) is 9.15 Å². The van der Waals surface area contributed by atoms with Crippen molar-refractivity contribution in [2.75, 3.05) is 17.7 Å². The predicted molar refractivity (Wildman–Crippen MR) is 106 cm³/mol. The van der Waals surface area contributed by atoms with Gasteiger partial charge in [-0.15, -0.1) is 10.2 Å². The molecule has 1 heterocycles. The highest BCUT2D eigenvalue weighted by molar-refractivity contribution is 7.99. The standard InChI is InChI=1S/C20H21N3O3S/c1-4-25-16-10-8-15(9-11-16)19-22-23-20(26-19)27-12-18(24)21-17-7-5-6-13(2)14(17)3/h5-11H,4,12H2,1-3H3,(H,21,24). The number of carbonyl (C=O) groups is 1. The lowest BCUT2D eigenvalue weighted by atomic mass is 10.1. The van der Waals surface area contributed by atoms with Crippen LogP contribution < -0.4 is 10.1 Å². The van der Waals surface area contributed by atoms with Crippen molar-refractivity contribution in [1.82, 2.24) is 10.2 Å². The van der Waals surface area contributed by atoms with Crippen LogP contribution in [0, 0.1) is 13.8 Å². The average molecular weight is 383 g/mol. The molecule has 0 radical (unpaired) electrons. The summed E-state index contributed by atoms with van der Waals surface area (Å²) in [7, 11) is 0. The summed E-state index contributed by atoms with van der Waals surface area (Å²) in [6.07, 6.45) is 0. The Hall–Kier alpha value is -2.80. The summed E-state index contributed by atoms with van der Waals surface area (Å²) >= 11 is 1.21. The summed E-state index contributed by atoms with van der Waals surface area (Å²) in [5.41, 5.74) is 3.82. The maximum atomic E-state index is 12.2. The van der Waals surface area contributed by atoms with E-state index >= 15 is 0 Å². The van der Waals surface area contributed by atoms with E-state index in [-0.39, 0.29) is 11.7 Å². The molecule has 0 aliphatic rings. The number of aromatic nitrogens is 2. The molecule has 0 unspecified atom stereocenters. The topological polar surface area (TPSA) is 77.2 Å². The van der Waals surface area contributed by atoms with Crippen molar-refractivity contribution in [3.8, 4) is 17.2 Å². The minimum Gasteiger partial charge on any atom is -0.494 e. The van der Waals surface area contributed by atoms with Crippen molar-refractivity contribution in [1.29, 1.82) is 0 Å². The number of benzene rings is 2. The molecule has 1 aromatic heterocycles. The number of thioether (sulfide) groups is 1. The largest absolute Gasteiger partial charge is 0.494 e. The minimum atomic E-state index is -0.116. The second kappa shape index (κ2) is 8.73. The molecule has 0 saturated carbocycles. The number of hydrogen-bond donors (Lipinski definition) is 1. The number of carbonyl (C=O) groups excluding carboxylic acids is 1. The third-order valence-electron chi connectivity index (χ3n) is 4.02. The summed E-state index contributed by atoms with van der Waals surface area (Å²) in [5, 5.41) is 11.3. The van der Waals surface area contributed by atoms with Gasteiger partial charge in [0.2, 0.25) is 11.8 Å². The van der Waals surface area contributed by atoms with E-state index in [0.29, 0.717) is 17.7 Å². The molecule has 0 saturated heterocycles. The lowest BCUT2D eigenvalue weighted by Crippen LogP contribution is -2.15. The number of nitrogens with zero attached hydrogens (tertiary/aromatic N) is 2. The first-order valence-electron chi connectivity index (χ1n) is 8.62. The quantitative estimate of drug-likeness (QED) is 0.606. The number of amides is 1. The van der Waals surface area contributed by atoms with Gasteiger partial charge in [0.05, 0.1) is 12.4 Å². The van der Waals surface area contributed by atoms with E-state index in [1.807, 2.05) is 63.2 Å². The molecule has 7 heteroatoms. The van der Waals surface area contributed by atoms with Gasteiger partial charge in [-0.2, -0.15) is 0 Å². The minimum absolute atomic E-state index is 0.116. The maximum Gasteiger partial charge on any atom is 0.277 e. The van der Waals surface area contributed by atoms with Gasteiger partial charge in [0, 0.05) is 11.3 Å². The lowest BCUT2D eigenvalue weighted by molar-refractivity contribution is -0.113. The molecule has 1 N–H and O–H groups in total. The number of anilines is 1. The van der Waals surface area contributed by atoms with Gasteiger partial charge in [0.1, 0.15) is 5.75 Å². The fourth-order valence-corrected chi connectivity index (χ4v) is 3.01. The van der Waals surface area contributed by atoms with Crippen molar-refractivity contribution in [3.05, 3.63) is 53.6 Å². The summed E-state index contributed by atoms with van der Waals surface area (Å²) in [4.78, 5) is 12.2. The molecule has 0 fully saturated rings. The summed E-state index contributed by atoms with van der Waals surface area (Å²) in [6, 6.07) is 13.3. The molecule has 140 valence electrons. The molecule has 6 nitrogen and oxygen atoms in total. The third-order valence-corrected chi connectivity index (χ3v) is 4.84. The Morgan fingerprint density at radius 1 is 1.15 bits per heavy atom. The average Bonchev–Trinajstić information content (AvgIpc) is 3.14. The summed E-state index contributed by atoms with van der Waals surface area (Å²) < 4.78 is 11.0. The first kappa shape index (κ1) is 19.0. The van der Waals surface area contributed by atoms with Crippen LogP contribution in [0.4, 0.5) is 5.69 Å². The van der Waals surface area contributed by atoms with Crippen molar-refractivity contribution >= 4 is 23.4 Å². The molecular formula is C20H21N3O3S. The van der Waals surface area contributed by atoms with E-state index in [1.165, 1.54) is 11.8 Å². The van der Waals surface area contributed by atoms with Crippen molar-refractivity contribution in [3.63, 3.8) is 0 Å². The molecule has 1 amide bonds. The Bertz CT molecular complexity index is 922. The van der Waals surface area contributed by atoms with E-state index in [0.717, 1.165) is 28.1 Å². The van der Waals surface area contributed by atoms with Gasteiger partial charge in [-0.1, -0.05) is 23.9 Å². The molecule has 2 aromatic carbocycles. The van der Waals surface area contributed by atoms with Gasteiger partial charge in [-0.25, -0.2) is 0 Å². The van der Waals surface area contributed by atoms with Crippen LogP contribution in [-0.4, -0.2) is 28.5 Å². The van der Waals surface area contributed by atoms with Crippen LogP contribution in [0.3, 0.4) is 0 Å². The Morgan fingerprint density at radius 2 is 1.93 bits per heavy atom. The van der Waals surface area contributed by atoms with Crippen molar-refractivity contribution in [2.45, 2.75) is 26.0 Å². The number of rotatable bonds is 7. The van der Waals surface area contributed by atoms with Gasteiger partial charge < -0.3 is 14.5 Å². The second-order valence-electron chi connectivity index (χ2n) is 5.91. The van der Waals surface area contributed by atoms with Crippen LogP contribution in [0.2, 0.25) is 0 Å². The molecule has 0 aliphatic heterocycles. The fourth-order valence-electron chi connectivity index (χ4n) is 2.45. The number of hydrogen-bond acceptors (Lipinski definition) is 6. The van der Waals surface area contributed by atoms with Gasteiger partial charge in [0.25, 0.3) is 5.22 Å². The van der Waals surface area contributed by atoms with Gasteiger partial charge in [-0.3, -0.25) is 4.79 Å². The van der Waals surface area contributed by atoms with Crippen LogP contribution in [0.1, 0.15) is 18.1 Å². The lowest BCUT2D eigenvalue weighted by Gasteiger charge is -2.09. The van der Waals surface area contributed by atoms with E-state index < -0.39 is 0 Å². The molecule has 0 atom stereocenters. The van der Waals surface area contributed by atoms with Crippen LogP contribution in [0.25, 0.3) is 11.5 Å². The maximum absolute atomic E-state index is 12.2. The van der Waals surface area contributed by atoms with Gasteiger partial charge in [0.15, 0.2) is 0 Å². The molecule has 0 spiro atoms. The number of aryl methyl sites for hydroxylation is 1. The van der Waals surface area contributed by atoms with E-state index in [9.17, 15) is 4.79 Å². The zero-order valence-electron chi connectivity index (χ0n) is 15.5. The van der Waals surface area contributed by atoms with Gasteiger partial charge >= 0.3 is 0 Å². The fraction of sp³-hybridized carbons (Fsp3) is 0.250. The second-order valence-corrected chi connectivity index (χ2v) is 6.84. The third kappa shape index (κ3) is 4.89. The zero-order chi connectivity index (χ0) is 19.2. The molecule has 3 aromatic rings. The molecule has 27 heavy (non-hydrogen) atoms. The summed E-state index contributed by atoms with van der Waals surface area (Å²) in [6.45, 7) is 6.55. The Labute approximate surface area is 162 Å². The van der Waals surface area contributed by atoms with Crippen molar-refractivity contribution < 1.29 is 13.9 Å². The van der Waals surface area contributed by atoms with Crippen LogP contribution in [-0.2, 0) is 4.79 Å². The summed E-state index contributed by atoms with van der Waals surface area (Å²) in [5.74, 6) is 1.28. The highest BCUT2D eigenvalue weighted by Gasteiger charge is 2.12. The zero-order valence-corrected chi connectivity index (χ0v) is 16.3. The first-order valence-corrected chi connectivity index (χ1v) is 9.61. The Kier molecular flexibility index (Phi) is 6.13. The Balaban J connectivity index is 1.57. The van der Waals surface area contributed by atoms with E-state index in [2.05, 4.69) is 15.5 Å². The van der Waals surface area contributed by atoms with Crippen LogP contribution in [0.15, 0.2) is 52.1 Å². The number of nitrogens with one attached hydrogen (secondary N) is 1. The SMILES string of the molecule is CCOc1ccc(-c2nnc(SCC(=O)Nc3cccc(C)c3C)o2)cc1. The molecular weight excluding hydrogens is 362 g/mol. The van der Waals surface area contributed by atoms with Gasteiger partial charge in [-0.05, 0) is 62.2 Å². The van der Waals surface area contributed by atoms with Crippen LogP contribution >= 0.6 is 11.8 Å². The number of ether oxygens (including phenoxy) is 1. The van der Waals surface area contributed by atoms with Crippen molar-refractivity contribution in [2.24, 2.45) is 0 Å². The van der Waals surface area contributed by atoms with E-state index in [1.54, 1.807) is 0 Å². The Morgan fingerprint density at radius 3 is 2.67 bits per heavy atom. The smallest absolute Gasteiger partial charge is 0.277 e. The highest BCUT2D eigenvalue weighted by Crippen LogP contribution is 2.25. The first-order chi connectivity index (χ1) is 13.1.